The van der Waals surface area contributed by atoms with E-state index in [2.05, 4.69) is 20.4 Å². The Morgan fingerprint density at radius 1 is 1.21 bits per heavy atom. The maximum Gasteiger partial charge on any atom is 0.220 e. The van der Waals surface area contributed by atoms with Crippen LogP contribution in [0, 0.1) is 28.6 Å². The molecule has 24 heavy (non-hydrogen) atoms. The molecule has 0 radical (unpaired) electrons. The third-order valence-electron chi connectivity index (χ3n) is 7.88. The number of carbonyl (C=O) groups excluding carboxylic acids is 2. The number of ketones is 2. The van der Waals surface area contributed by atoms with Gasteiger partial charge in [0.05, 0.1) is 0 Å². The van der Waals surface area contributed by atoms with E-state index in [1.165, 1.54) is 0 Å². The number of aliphatic hydroxyl groups excluding tert-OH is 1. The molecule has 4 aliphatic carbocycles. The summed E-state index contributed by atoms with van der Waals surface area (Å²) in [6.45, 7) is 10.6. The van der Waals surface area contributed by atoms with Crippen molar-refractivity contribution < 1.29 is 14.7 Å². The van der Waals surface area contributed by atoms with E-state index in [4.69, 9.17) is 0 Å². The number of fused-ring (bicyclic) bond motifs is 5. The quantitative estimate of drug-likeness (QED) is 0.722. The molecule has 4 aliphatic rings. The summed E-state index contributed by atoms with van der Waals surface area (Å²) in [4.78, 5) is 24.6. The van der Waals surface area contributed by atoms with E-state index in [0.29, 0.717) is 30.0 Å². The van der Waals surface area contributed by atoms with Gasteiger partial charge in [-0.1, -0.05) is 26.0 Å². The van der Waals surface area contributed by atoms with E-state index < -0.39 is 0 Å². The molecule has 3 fully saturated rings. The summed E-state index contributed by atoms with van der Waals surface area (Å²) in [7, 11) is 0. The zero-order valence-electron chi connectivity index (χ0n) is 14.8. The molecule has 0 aromatic heterocycles. The van der Waals surface area contributed by atoms with E-state index in [0.717, 1.165) is 42.4 Å². The highest BCUT2D eigenvalue weighted by molar-refractivity contribution is 6.05. The second-order valence-electron chi connectivity index (χ2n) is 8.72. The largest absolute Gasteiger partial charge is 0.504 e. The first-order chi connectivity index (χ1) is 11.2. The van der Waals surface area contributed by atoms with Crippen LogP contribution in [0.2, 0.25) is 0 Å². The molecule has 0 bridgehead atoms. The van der Waals surface area contributed by atoms with Crippen molar-refractivity contribution in [1.82, 2.24) is 0 Å². The summed E-state index contributed by atoms with van der Waals surface area (Å²) in [5, 5.41) is 10.5. The number of hydrogen-bond donors (Lipinski definition) is 1. The first-order valence-corrected chi connectivity index (χ1v) is 9.09. The molecule has 4 rings (SSSR count). The molecule has 3 saturated carbocycles. The minimum Gasteiger partial charge on any atom is -0.504 e. The fourth-order valence-electron chi connectivity index (χ4n) is 6.44. The van der Waals surface area contributed by atoms with E-state index in [-0.39, 0.29) is 22.4 Å². The molecule has 5 atom stereocenters. The Balaban J connectivity index is 1.84. The second kappa shape index (κ2) is 4.71. The molecule has 3 heteroatoms. The third-order valence-corrected chi connectivity index (χ3v) is 7.88. The highest BCUT2D eigenvalue weighted by Gasteiger charge is 2.60. The number of rotatable bonds is 0. The molecular formula is C21H26O3. The van der Waals surface area contributed by atoms with Crippen molar-refractivity contribution in [1.29, 1.82) is 0 Å². The molecular weight excluding hydrogens is 300 g/mol. The Kier molecular flexibility index (Phi) is 3.11. The average molecular weight is 326 g/mol. The van der Waals surface area contributed by atoms with E-state index in [1.807, 2.05) is 6.92 Å². The van der Waals surface area contributed by atoms with Crippen molar-refractivity contribution in [3.05, 3.63) is 35.1 Å². The summed E-state index contributed by atoms with van der Waals surface area (Å²) in [5.74, 6) is 1.22. The highest BCUT2D eigenvalue weighted by Crippen LogP contribution is 2.66. The van der Waals surface area contributed by atoms with Crippen LogP contribution in [-0.2, 0) is 9.59 Å². The molecule has 0 aliphatic heterocycles. The first-order valence-electron chi connectivity index (χ1n) is 9.09. The SMILES string of the molecule is C=C1C[C@@H]2[C@H](CC[C@]3(C)C(=O)CC[C@@H]23)[C@@]2(C)C(C)=CC(=O)C(O)=C12. The Hall–Kier alpha value is -1.64. The highest BCUT2D eigenvalue weighted by atomic mass is 16.3. The van der Waals surface area contributed by atoms with Crippen molar-refractivity contribution in [3.8, 4) is 0 Å². The van der Waals surface area contributed by atoms with E-state index in [1.54, 1.807) is 6.08 Å². The van der Waals surface area contributed by atoms with Crippen molar-refractivity contribution in [3.63, 3.8) is 0 Å². The van der Waals surface area contributed by atoms with Gasteiger partial charge in [-0.25, -0.2) is 0 Å². The van der Waals surface area contributed by atoms with Gasteiger partial charge in [0.25, 0.3) is 0 Å². The summed E-state index contributed by atoms with van der Waals surface area (Å²) in [6, 6.07) is 0. The van der Waals surface area contributed by atoms with Gasteiger partial charge in [0.2, 0.25) is 5.78 Å². The lowest BCUT2D eigenvalue weighted by Crippen LogP contribution is -2.51. The molecule has 0 aromatic carbocycles. The van der Waals surface area contributed by atoms with Crippen LogP contribution in [0.5, 0.6) is 0 Å². The van der Waals surface area contributed by atoms with Gasteiger partial charge in [-0.15, -0.1) is 0 Å². The van der Waals surface area contributed by atoms with Crippen LogP contribution in [0.15, 0.2) is 35.1 Å². The van der Waals surface area contributed by atoms with Gasteiger partial charge in [-0.05, 0) is 62.0 Å². The maximum atomic E-state index is 12.5. The van der Waals surface area contributed by atoms with E-state index >= 15 is 0 Å². The number of Topliss-reactive ketones (excluding diaryl/α,β-unsaturated/α-hetero) is 1. The lowest BCUT2D eigenvalue weighted by atomic mass is 9.46. The molecule has 0 spiro atoms. The molecule has 0 aromatic rings. The fourth-order valence-corrected chi connectivity index (χ4v) is 6.44. The Morgan fingerprint density at radius 3 is 2.62 bits per heavy atom. The van der Waals surface area contributed by atoms with Crippen LogP contribution in [0.1, 0.15) is 52.9 Å². The standard InChI is InChI=1S/C21H26O3/c1-11-9-13-14-5-6-17(23)20(14,3)8-7-15(13)21(4)12(2)10-16(22)19(24)18(11)21/h10,13-15,24H,1,5-9H2,2-4H3/t13-,14-,15-,20-,21+/m0/s1. The summed E-state index contributed by atoms with van der Waals surface area (Å²) < 4.78 is 0. The lowest BCUT2D eigenvalue weighted by Gasteiger charge is -2.57. The zero-order valence-corrected chi connectivity index (χ0v) is 14.8. The molecule has 1 N–H and O–H groups in total. The zero-order chi connectivity index (χ0) is 17.4. The predicted octanol–water partition coefficient (Wildman–Crippen LogP) is 4.31. The van der Waals surface area contributed by atoms with Crippen LogP contribution in [-0.4, -0.2) is 16.7 Å². The topological polar surface area (TPSA) is 54.4 Å². The second-order valence-corrected chi connectivity index (χ2v) is 8.72. The van der Waals surface area contributed by atoms with Crippen LogP contribution in [0.25, 0.3) is 0 Å². The van der Waals surface area contributed by atoms with Crippen molar-refractivity contribution in [2.75, 3.05) is 0 Å². The summed E-state index contributed by atoms with van der Waals surface area (Å²) in [5.41, 5.74) is 2.18. The molecule has 0 unspecified atom stereocenters. The maximum absolute atomic E-state index is 12.5. The lowest BCUT2D eigenvalue weighted by molar-refractivity contribution is -0.131. The van der Waals surface area contributed by atoms with Crippen LogP contribution >= 0.6 is 0 Å². The van der Waals surface area contributed by atoms with Gasteiger partial charge in [0.15, 0.2) is 5.76 Å². The Morgan fingerprint density at radius 2 is 1.92 bits per heavy atom. The minimum atomic E-state index is -0.328. The predicted molar refractivity (Wildman–Crippen MR) is 92.3 cm³/mol. The number of aliphatic hydroxyl groups is 1. The Labute approximate surface area is 143 Å². The van der Waals surface area contributed by atoms with E-state index in [9.17, 15) is 14.7 Å². The average Bonchev–Trinajstić information content (AvgIpc) is 2.81. The number of hydrogen-bond acceptors (Lipinski definition) is 3. The molecule has 0 amide bonds. The van der Waals surface area contributed by atoms with Gasteiger partial charge < -0.3 is 5.11 Å². The van der Waals surface area contributed by atoms with Gasteiger partial charge in [-0.3, -0.25) is 9.59 Å². The van der Waals surface area contributed by atoms with Crippen molar-refractivity contribution in [2.45, 2.75) is 52.9 Å². The minimum absolute atomic E-state index is 0.109. The van der Waals surface area contributed by atoms with Gasteiger partial charge in [0.1, 0.15) is 5.78 Å². The fraction of sp³-hybridized carbons (Fsp3) is 0.619. The van der Waals surface area contributed by atoms with Crippen molar-refractivity contribution >= 4 is 11.6 Å². The number of carbonyl (C=O) groups is 2. The normalized spacial score (nSPS) is 44.9. The molecule has 0 heterocycles. The Bertz CT molecular complexity index is 740. The third kappa shape index (κ3) is 1.68. The molecule has 3 nitrogen and oxygen atoms in total. The van der Waals surface area contributed by atoms with Crippen LogP contribution < -0.4 is 0 Å². The van der Waals surface area contributed by atoms with Crippen LogP contribution in [0.3, 0.4) is 0 Å². The monoisotopic (exact) mass is 326 g/mol. The smallest absolute Gasteiger partial charge is 0.220 e. The van der Waals surface area contributed by atoms with Gasteiger partial charge in [0, 0.05) is 22.8 Å². The molecule has 0 saturated heterocycles. The summed E-state index contributed by atoms with van der Waals surface area (Å²) >= 11 is 0. The summed E-state index contributed by atoms with van der Waals surface area (Å²) in [6.07, 6.45) is 5.98. The number of allylic oxidation sites excluding steroid dienone is 4. The first kappa shape index (κ1) is 15.9. The van der Waals surface area contributed by atoms with Crippen LogP contribution in [0.4, 0.5) is 0 Å². The van der Waals surface area contributed by atoms with Gasteiger partial charge >= 0.3 is 0 Å². The van der Waals surface area contributed by atoms with Crippen molar-refractivity contribution in [2.24, 2.45) is 28.6 Å². The molecule has 128 valence electrons. The van der Waals surface area contributed by atoms with Gasteiger partial charge in [-0.2, -0.15) is 0 Å².